The third-order valence-corrected chi connectivity index (χ3v) is 8.36. The highest BCUT2D eigenvalue weighted by Gasteiger charge is 2.60. The highest BCUT2D eigenvalue weighted by molar-refractivity contribution is 8.03. The first-order chi connectivity index (χ1) is 16.6. The number of hydrogen-bond donors (Lipinski definition) is 3. The first kappa shape index (κ1) is 28.4. The van der Waals surface area contributed by atoms with E-state index >= 15 is 0 Å². The lowest BCUT2D eigenvalue weighted by Gasteiger charge is -2.46. The monoisotopic (exact) mass is 527 g/mol. The summed E-state index contributed by atoms with van der Waals surface area (Å²) in [4.78, 5) is 54.0. The van der Waals surface area contributed by atoms with Crippen LogP contribution < -0.4 is 5.32 Å². The fraction of sp³-hybridized carbons (Fsp3) is 0.750. The molecule has 0 radical (unpaired) electrons. The zero-order valence-electron chi connectivity index (χ0n) is 22.1. The number of ether oxygens (including phenoxy) is 1. The normalized spacial score (nSPS) is 29.5. The Morgan fingerprint density at radius 2 is 1.92 bits per heavy atom. The molecule has 0 bridgehead atoms. The van der Waals surface area contributed by atoms with Gasteiger partial charge in [0.05, 0.1) is 51.7 Å². The SMILES string of the molecule is C[C@@H](O)[C@H]1C(=O)N2C(C(=O)OC(CC(=O)O)C[N+](C)(C)C)=C(S[C@@H]3CN[C@H](C(=O)N(C)C)C3)[C@H](C)[C@H]12. The van der Waals surface area contributed by atoms with E-state index in [4.69, 9.17) is 4.74 Å². The largest absolute Gasteiger partial charge is 0.481 e. The molecule has 3 N–H and O–H groups in total. The molecule has 36 heavy (non-hydrogen) atoms. The van der Waals surface area contributed by atoms with E-state index in [1.165, 1.54) is 16.7 Å². The van der Waals surface area contributed by atoms with Crippen LogP contribution in [0.4, 0.5) is 0 Å². The molecule has 0 aliphatic carbocycles. The number of aliphatic hydroxyl groups is 1. The van der Waals surface area contributed by atoms with Crippen molar-refractivity contribution in [2.75, 3.05) is 48.3 Å². The van der Waals surface area contributed by atoms with Crippen molar-refractivity contribution in [3.8, 4) is 0 Å². The van der Waals surface area contributed by atoms with Crippen LogP contribution in [-0.2, 0) is 23.9 Å². The van der Waals surface area contributed by atoms with Gasteiger partial charge in [0, 0.05) is 36.7 Å². The van der Waals surface area contributed by atoms with Crippen LogP contribution in [0.1, 0.15) is 26.7 Å². The Kier molecular flexibility index (Phi) is 8.43. The lowest BCUT2D eigenvalue weighted by Crippen LogP contribution is -2.63. The Labute approximate surface area is 216 Å². The summed E-state index contributed by atoms with van der Waals surface area (Å²) in [6.45, 7) is 4.35. The van der Waals surface area contributed by atoms with Crippen molar-refractivity contribution in [2.24, 2.45) is 11.8 Å². The van der Waals surface area contributed by atoms with Crippen molar-refractivity contribution < 1.29 is 38.6 Å². The van der Waals surface area contributed by atoms with E-state index in [0.717, 1.165) is 0 Å². The summed E-state index contributed by atoms with van der Waals surface area (Å²) < 4.78 is 6.11. The summed E-state index contributed by atoms with van der Waals surface area (Å²) in [5.74, 6) is -2.99. The fourth-order valence-corrected chi connectivity index (χ4v) is 6.77. The number of nitrogens with one attached hydrogen (secondary N) is 1. The summed E-state index contributed by atoms with van der Waals surface area (Å²) in [6.07, 6.45) is -1.51. The number of carboxylic acids is 1. The molecule has 0 aromatic heterocycles. The van der Waals surface area contributed by atoms with Crippen molar-refractivity contribution in [3.05, 3.63) is 10.6 Å². The van der Waals surface area contributed by atoms with Crippen LogP contribution in [0.25, 0.3) is 0 Å². The van der Waals surface area contributed by atoms with Crippen LogP contribution in [0.5, 0.6) is 0 Å². The molecule has 7 atom stereocenters. The number of amides is 2. The van der Waals surface area contributed by atoms with Crippen LogP contribution in [-0.4, -0.2) is 126 Å². The summed E-state index contributed by atoms with van der Waals surface area (Å²) in [5.41, 5.74) is 0.138. The van der Waals surface area contributed by atoms with Crippen LogP contribution >= 0.6 is 11.8 Å². The number of thioether (sulfide) groups is 1. The number of carbonyl (C=O) groups is 4. The molecule has 2 fully saturated rings. The van der Waals surface area contributed by atoms with Crippen molar-refractivity contribution in [1.29, 1.82) is 0 Å². The molecule has 0 aromatic rings. The second-order valence-corrected chi connectivity index (χ2v) is 12.6. The number of carbonyl (C=O) groups excluding carboxylic acids is 3. The third-order valence-electron chi connectivity index (χ3n) is 6.85. The first-order valence-electron chi connectivity index (χ1n) is 12.2. The molecule has 3 rings (SSSR count). The second-order valence-electron chi connectivity index (χ2n) is 11.2. The quantitative estimate of drug-likeness (QED) is 0.199. The van der Waals surface area contributed by atoms with Gasteiger partial charge >= 0.3 is 11.9 Å². The Morgan fingerprint density at radius 1 is 1.28 bits per heavy atom. The highest BCUT2D eigenvalue weighted by atomic mass is 32.2. The van der Waals surface area contributed by atoms with Crippen molar-refractivity contribution in [3.63, 3.8) is 0 Å². The number of quaternary nitrogens is 1. The maximum absolute atomic E-state index is 13.5. The number of esters is 1. The van der Waals surface area contributed by atoms with Crippen LogP contribution in [0.2, 0.25) is 0 Å². The molecule has 0 spiro atoms. The van der Waals surface area contributed by atoms with Crippen molar-refractivity contribution >= 4 is 35.5 Å². The Morgan fingerprint density at radius 3 is 2.44 bits per heavy atom. The molecular formula is C24H39N4O7S+. The van der Waals surface area contributed by atoms with Gasteiger partial charge in [-0.15, -0.1) is 11.8 Å². The molecule has 3 aliphatic heterocycles. The minimum absolute atomic E-state index is 0.000916. The van der Waals surface area contributed by atoms with Crippen LogP contribution in [0.15, 0.2) is 10.6 Å². The highest BCUT2D eigenvalue weighted by Crippen LogP contribution is 2.52. The summed E-state index contributed by atoms with van der Waals surface area (Å²) in [7, 11) is 9.04. The Balaban J connectivity index is 1.88. The average molecular weight is 528 g/mol. The Bertz CT molecular complexity index is 945. The lowest BCUT2D eigenvalue weighted by atomic mass is 9.79. The van der Waals surface area contributed by atoms with Gasteiger partial charge < -0.3 is 34.5 Å². The zero-order valence-corrected chi connectivity index (χ0v) is 22.9. The molecule has 11 nitrogen and oxygen atoms in total. The lowest BCUT2D eigenvalue weighted by molar-refractivity contribution is -0.873. The number of fused-ring (bicyclic) bond motifs is 1. The van der Waals surface area contributed by atoms with Crippen LogP contribution in [0, 0.1) is 11.8 Å². The van der Waals surface area contributed by atoms with Gasteiger partial charge in [-0.25, -0.2) is 4.79 Å². The smallest absolute Gasteiger partial charge is 0.356 e. The number of aliphatic carboxylic acids is 1. The average Bonchev–Trinajstić information content (AvgIpc) is 3.27. The molecule has 2 amide bonds. The molecule has 12 heteroatoms. The maximum atomic E-state index is 13.5. The number of aliphatic hydroxyl groups excluding tert-OH is 1. The van der Waals surface area contributed by atoms with E-state index in [2.05, 4.69) is 5.32 Å². The number of β-lactam (4-membered cyclic amide) rings is 1. The van der Waals surface area contributed by atoms with Gasteiger partial charge in [-0.1, -0.05) is 6.92 Å². The fourth-order valence-electron chi connectivity index (χ4n) is 5.30. The molecule has 1 unspecified atom stereocenters. The maximum Gasteiger partial charge on any atom is 0.356 e. The van der Waals surface area contributed by atoms with E-state index in [1.807, 2.05) is 28.1 Å². The van der Waals surface area contributed by atoms with E-state index in [9.17, 15) is 29.4 Å². The molecule has 0 saturated carbocycles. The van der Waals surface area contributed by atoms with E-state index in [0.29, 0.717) is 22.4 Å². The van der Waals surface area contributed by atoms with E-state index in [1.54, 1.807) is 25.9 Å². The number of nitrogens with zero attached hydrogens (tertiary/aromatic N) is 3. The van der Waals surface area contributed by atoms with E-state index < -0.39 is 30.1 Å². The minimum atomic E-state index is -1.08. The number of carboxylic acid groups (broad SMARTS) is 1. The number of rotatable bonds is 10. The molecular weight excluding hydrogens is 488 g/mol. The van der Waals surface area contributed by atoms with Crippen molar-refractivity contribution in [1.82, 2.24) is 15.1 Å². The summed E-state index contributed by atoms with van der Waals surface area (Å²) >= 11 is 1.46. The molecule has 3 aliphatic rings. The van der Waals surface area contributed by atoms with Gasteiger partial charge in [0.25, 0.3) is 0 Å². The standard InChI is InChI=1S/C24H38N4O7S/c1-12-19-18(13(2)29)23(33)27(19)20(24(34)35-14(8-17(30)31)11-28(5,6)7)21(12)36-15-9-16(25-10-15)22(32)26(3)4/h12-16,18-19,25,29H,8-11H2,1-7H3/p+1/t12-,13-,14?,15+,16+,18-,19-/m1/s1. The van der Waals surface area contributed by atoms with Crippen LogP contribution in [0.3, 0.4) is 0 Å². The van der Waals surface area contributed by atoms with Crippen molar-refractivity contribution in [2.45, 2.75) is 56.2 Å². The molecule has 0 aromatic carbocycles. The van der Waals surface area contributed by atoms with Gasteiger partial charge in [-0.3, -0.25) is 14.4 Å². The predicted molar refractivity (Wildman–Crippen MR) is 134 cm³/mol. The van der Waals surface area contributed by atoms with Gasteiger partial charge in [0.2, 0.25) is 11.8 Å². The van der Waals surface area contributed by atoms with E-state index in [-0.39, 0.29) is 53.7 Å². The van der Waals surface area contributed by atoms with Gasteiger partial charge in [0.1, 0.15) is 12.2 Å². The first-order valence-corrected chi connectivity index (χ1v) is 13.1. The predicted octanol–water partition coefficient (Wildman–Crippen LogP) is -0.300. The van der Waals surface area contributed by atoms with Gasteiger partial charge in [0.15, 0.2) is 6.10 Å². The molecule has 3 heterocycles. The summed E-state index contributed by atoms with van der Waals surface area (Å²) in [6, 6.07) is -0.689. The topological polar surface area (TPSA) is 136 Å². The Hall–Kier alpha value is -2.15. The zero-order chi connectivity index (χ0) is 27.1. The summed E-state index contributed by atoms with van der Waals surface area (Å²) in [5, 5.41) is 22.8. The number of likely N-dealkylation sites (N-methyl/N-ethyl adjacent to an activating group) is 2. The minimum Gasteiger partial charge on any atom is -0.481 e. The molecule has 202 valence electrons. The van der Waals surface area contributed by atoms with Gasteiger partial charge in [-0.2, -0.15) is 0 Å². The second kappa shape index (κ2) is 10.7. The number of hydrogen-bond acceptors (Lipinski definition) is 8. The molecule has 2 saturated heterocycles. The van der Waals surface area contributed by atoms with Gasteiger partial charge in [-0.05, 0) is 13.3 Å². The third kappa shape index (κ3) is 5.87.